The normalized spacial score (nSPS) is 12.0. The molecule has 2 aromatic carbocycles. The van der Waals surface area contributed by atoms with E-state index in [0.29, 0.717) is 17.4 Å². The first kappa shape index (κ1) is 26.0. The Balaban J connectivity index is 1.70. The number of ether oxygens (including phenoxy) is 1. The summed E-state index contributed by atoms with van der Waals surface area (Å²) in [7, 11) is 9.74. The van der Waals surface area contributed by atoms with Gasteiger partial charge in [-0.15, -0.1) is 0 Å². The number of aromatic nitrogens is 3. The molecule has 0 bridgehead atoms. The maximum atomic E-state index is 10.3. The van der Waals surface area contributed by atoms with E-state index in [9.17, 15) is 5.11 Å². The molecular formula is C28H35N7O2. The van der Waals surface area contributed by atoms with Crippen molar-refractivity contribution in [2.45, 2.75) is 6.23 Å². The van der Waals surface area contributed by atoms with E-state index in [-0.39, 0.29) is 0 Å². The number of aliphatic hydroxyl groups is 1. The third-order valence-electron chi connectivity index (χ3n) is 6.24. The molecule has 4 aromatic rings. The van der Waals surface area contributed by atoms with Crippen molar-refractivity contribution in [2.24, 2.45) is 7.05 Å². The smallest absolute Gasteiger partial charge is 0.227 e. The number of aryl methyl sites for hydroxylation is 1. The van der Waals surface area contributed by atoms with Crippen LogP contribution in [0.4, 0.5) is 23.0 Å². The van der Waals surface area contributed by atoms with E-state index in [1.54, 1.807) is 13.3 Å². The van der Waals surface area contributed by atoms with E-state index in [0.717, 1.165) is 46.6 Å². The lowest BCUT2D eigenvalue weighted by Gasteiger charge is -2.27. The second kappa shape index (κ2) is 11.3. The second-order valence-electron chi connectivity index (χ2n) is 9.17. The summed E-state index contributed by atoms with van der Waals surface area (Å²) >= 11 is 0. The fourth-order valence-electron chi connectivity index (χ4n) is 4.17. The number of anilines is 4. The van der Waals surface area contributed by atoms with Gasteiger partial charge in [-0.2, -0.15) is 0 Å². The van der Waals surface area contributed by atoms with Crippen LogP contribution in [0, 0.1) is 0 Å². The summed E-state index contributed by atoms with van der Waals surface area (Å²) in [5.41, 5.74) is 5.26. The lowest BCUT2D eigenvalue weighted by molar-refractivity contribution is 0.253. The standard InChI is InChI=1S/C28H35N7O2/c1-7-27(36)30-22-17-23(26(37-6)18-25(22)35(5)16-15-33(2)3)32-28-29-13-11-21(31-28)19-9-8-10-24-20(19)12-14-34(24)4/h7-14,17-18,27,30,36H,1,15-16H2,2-6H3,(H,29,31,32). The number of hydrogen-bond acceptors (Lipinski definition) is 8. The van der Waals surface area contributed by atoms with Gasteiger partial charge in [-0.05, 0) is 44.4 Å². The van der Waals surface area contributed by atoms with Crippen molar-refractivity contribution < 1.29 is 9.84 Å². The fraction of sp³-hybridized carbons (Fsp3) is 0.286. The Kier molecular flexibility index (Phi) is 7.95. The number of hydrogen-bond donors (Lipinski definition) is 3. The highest BCUT2D eigenvalue weighted by Crippen LogP contribution is 2.38. The lowest BCUT2D eigenvalue weighted by atomic mass is 10.1. The van der Waals surface area contributed by atoms with E-state index in [4.69, 9.17) is 9.72 Å². The number of nitrogens with one attached hydrogen (secondary N) is 2. The quantitative estimate of drug-likeness (QED) is 0.207. The maximum absolute atomic E-state index is 10.3. The summed E-state index contributed by atoms with van der Waals surface area (Å²) in [5, 5.41) is 17.8. The zero-order valence-corrected chi connectivity index (χ0v) is 22.1. The van der Waals surface area contributed by atoms with E-state index in [1.807, 2.05) is 58.7 Å². The van der Waals surface area contributed by atoms with Crippen molar-refractivity contribution in [2.75, 3.05) is 56.9 Å². The first-order valence-electron chi connectivity index (χ1n) is 12.1. The zero-order chi connectivity index (χ0) is 26.5. The molecule has 0 spiro atoms. The molecule has 194 valence electrons. The summed E-state index contributed by atoms with van der Waals surface area (Å²) < 4.78 is 7.82. The van der Waals surface area contributed by atoms with Gasteiger partial charge in [0.25, 0.3) is 0 Å². The van der Waals surface area contributed by atoms with Crippen molar-refractivity contribution in [1.82, 2.24) is 19.4 Å². The van der Waals surface area contributed by atoms with Crippen LogP contribution in [0.5, 0.6) is 5.75 Å². The fourth-order valence-corrected chi connectivity index (χ4v) is 4.17. The Morgan fingerprint density at radius 3 is 2.68 bits per heavy atom. The van der Waals surface area contributed by atoms with Crippen LogP contribution in [0.15, 0.2) is 67.5 Å². The van der Waals surface area contributed by atoms with E-state index >= 15 is 0 Å². The van der Waals surface area contributed by atoms with Gasteiger partial charge in [0.15, 0.2) is 0 Å². The Bertz CT molecular complexity index is 1380. The van der Waals surface area contributed by atoms with Crippen molar-refractivity contribution in [1.29, 1.82) is 0 Å². The summed E-state index contributed by atoms with van der Waals surface area (Å²) in [5.74, 6) is 1.07. The summed E-state index contributed by atoms with van der Waals surface area (Å²) in [6.07, 6.45) is 4.32. The van der Waals surface area contributed by atoms with E-state index in [1.165, 1.54) is 6.08 Å². The number of rotatable bonds is 11. The molecule has 0 saturated carbocycles. The molecular weight excluding hydrogens is 466 g/mol. The molecule has 9 nitrogen and oxygen atoms in total. The van der Waals surface area contributed by atoms with Crippen LogP contribution < -0.4 is 20.3 Å². The molecule has 0 aliphatic carbocycles. The number of fused-ring (bicyclic) bond motifs is 1. The molecule has 4 rings (SSSR count). The Morgan fingerprint density at radius 2 is 1.95 bits per heavy atom. The molecule has 9 heteroatoms. The SMILES string of the molecule is C=CC(O)Nc1cc(Nc2nccc(-c3cccc4c3ccn4C)n2)c(OC)cc1N(C)CCN(C)C. The summed E-state index contributed by atoms with van der Waals surface area (Å²) in [6.45, 7) is 5.34. The maximum Gasteiger partial charge on any atom is 0.227 e. The van der Waals surface area contributed by atoms with Crippen molar-refractivity contribution in [3.8, 4) is 17.0 Å². The number of nitrogens with zero attached hydrogens (tertiary/aromatic N) is 5. The highest BCUT2D eigenvalue weighted by molar-refractivity contribution is 5.94. The second-order valence-corrected chi connectivity index (χ2v) is 9.17. The average molecular weight is 502 g/mol. The van der Waals surface area contributed by atoms with Gasteiger partial charge in [0.05, 0.1) is 29.9 Å². The van der Waals surface area contributed by atoms with Crippen LogP contribution in [0.2, 0.25) is 0 Å². The molecule has 3 N–H and O–H groups in total. The third kappa shape index (κ3) is 5.84. The molecule has 0 aliphatic rings. The predicted octanol–water partition coefficient (Wildman–Crippen LogP) is 4.30. The molecule has 0 saturated heterocycles. The Labute approximate surface area is 218 Å². The van der Waals surface area contributed by atoms with E-state index in [2.05, 4.69) is 54.8 Å². The highest BCUT2D eigenvalue weighted by Gasteiger charge is 2.17. The summed E-state index contributed by atoms with van der Waals surface area (Å²) in [6, 6.07) is 14.0. The van der Waals surface area contributed by atoms with Crippen LogP contribution in [0.1, 0.15) is 0 Å². The molecule has 0 radical (unpaired) electrons. The minimum absolute atomic E-state index is 0.438. The molecule has 1 unspecified atom stereocenters. The van der Waals surface area contributed by atoms with Gasteiger partial charge in [0, 0.05) is 62.1 Å². The number of likely N-dealkylation sites (N-methyl/N-ethyl adjacent to an activating group) is 2. The largest absolute Gasteiger partial charge is 0.494 e. The van der Waals surface area contributed by atoms with Gasteiger partial charge in [-0.25, -0.2) is 9.97 Å². The predicted molar refractivity (Wildman–Crippen MR) is 152 cm³/mol. The topological polar surface area (TPSA) is 90.7 Å². The molecule has 0 fully saturated rings. The third-order valence-corrected chi connectivity index (χ3v) is 6.24. The number of benzene rings is 2. The summed E-state index contributed by atoms with van der Waals surface area (Å²) in [4.78, 5) is 13.5. The number of methoxy groups -OCH3 is 1. The van der Waals surface area contributed by atoms with Crippen molar-refractivity contribution in [3.05, 3.63) is 67.5 Å². The Morgan fingerprint density at radius 1 is 1.14 bits per heavy atom. The van der Waals surface area contributed by atoms with Gasteiger partial charge >= 0.3 is 0 Å². The van der Waals surface area contributed by atoms with Crippen LogP contribution >= 0.6 is 0 Å². The molecule has 2 heterocycles. The lowest BCUT2D eigenvalue weighted by Crippen LogP contribution is -2.29. The first-order chi connectivity index (χ1) is 17.8. The van der Waals surface area contributed by atoms with Crippen LogP contribution in [-0.2, 0) is 7.05 Å². The molecule has 1 atom stereocenters. The average Bonchev–Trinajstić information content (AvgIpc) is 3.28. The zero-order valence-electron chi connectivity index (χ0n) is 22.1. The Hall–Kier alpha value is -4.08. The van der Waals surface area contributed by atoms with Crippen LogP contribution in [0.25, 0.3) is 22.2 Å². The minimum Gasteiger partial charge on any atom is -0.494 e. The van der Waals surface area contributed by atoms with Gasteiger partial charge in [0.2, 0.25) is 5.95 Å². The highest BCUT2D eigenvalue weighted by atomic mass is 16.5. The molecule has 2 aromatic heterocycles. The number of aliphatic hydroxyl groups excluding tert-OH is 1. The molecule has 0 aliphatic heterocycles. The van der Waals surface area contributed by atoms with Crippen molar-refractivity contribution >= 4 is 33.9 Å². The first-order valence-corrected chi connectivity index (χ1v) is 12.1. The minimum atomic E-state index is -0.909. The van der Waals surface area contributed by atoms with Crippen LogP contribution in [-0.4, -0.2) is 72.1 Å². The molecule has 37 heavy (non-hydrogen) atoms. The van der Waals surface area contributed by atoms with Gasteiger partial charge in [0.1, 0.15) is 12.0 Å². The monoisotopic (exact) mass is 501 g/mol. The van der Waals surface area contributed by atoms with Gasteiger partial charge < -0.3 is 34.8 Å². The van der Waals surface area contributed by atoms with Gasteiger partial charge in [-0.3, -0.25) is 0 Å². The van der Waals surface area contributed by atoms with Crippen molar-refractivity contribution in [3.63, 3.8) is 0 Å². The van der Waals surface area contributed by atoms with Gasteiger partial charge in [-0.1, -0.05) is 18.7 Å². The molecule has 0 amide bonds. The van der Waals surface area contributed by atoms with Crippen LogP contribution in [0.3, 0.4) is 0 Å². The van der Waals surface area contributed by atoms with E-state index < -0.39 is 6.23 Å².